The quantitative estimate of drug-likeness (QED) is 0.836. The van der Waals surface area contributed by atoms with E-state index in [4.69, 9.17) is 4.74 Å². The fraction of sp³-hybridized carbons (Fsp3) is 0.647. The molecule has 0 heterocycles. The molecule has 0 spiro atoms. The summed E-state index contributed by atoms with van der Waals surface area (Å²) in [5.74, 6) is 2.55. The molecule has 1 N–H and O–H groups in total. The predicted molar refractivity (Wildman–Crippen MR) is 80.8 cm³/mol. The summed E-state index contributed by atoms with van der Waals surface area (Å²) in [5, 5.41) is 3.60. The van der Waals surface area contributed by atoms with E-state index in [1.807, 2.05) is 0 Å². The van der Waals surface area contributed by atoms with E-state index in [1.165, 1.54) is 12.0 Å². The first-order chi connectivity index (χ1) is 8.99. The lowest BCUT2D eigenvalue weighted by atomic mass is 10.1. The van der Waals surface area contributed by atoms with Gasteiger partial charge >= 0.3 is 0 Å². The van der Waals surface area contributed by atoms with Gasteiger partial charge in [-0.25, -0.2) is 0 Å². The SMILES string of the molecule is CCCOc1ccc(C2CC2CNC(C)(C)C)cc1. The van der Waals surface area contributed by atoms with E-state index in [1.54, 1.807) is 0 Å². The molecule has 1 saturated carbocycles. The van der Waals surface area contributed by atoms with Gasteiger partial charge in [-0.1, -0.05) is 19.1 Å². The highest BCUT2D eigenvalue weighted by Gasteiger charge is 2.38. The molecule has 1 aromatic carbocycles. The monoisotopic (exact) mass is 261 g/mol. The number of hydrogen-bond donors (Lipinski definition) is 1. The fourth-order valence-corrected chi connectivity index (χ4v) is 2.35. The third-order valence-electron chi connectivity index (χ3n) is 3.60. The van der Waals surface area contributed by atoms with Crippen molar-refractivity contribution in [1.29, 1.82) is 0 Å². The van der Waals surface area contributed by atoms with Crippen molar-refractivity contribution in [3.8, 4) is 5.75 Å². The number of ether oxygens (including phenoxy) is 1. The maximum atomic E-state index is 5.62. The zero-order chi connectivity index (χ0) is 13.9. The second kappa shape index (κ2) is 5.96. The van der Waals surface area contributed by atoms with Gasteiger partial charge in [0.1, 0.15) is 5.75 Å². The highest BCUT2D eigenvalue weighted by atomic mass is 16.5. The topological polar surface area (TPSA) is 21.3 Å². The summed E-state index contributed by atoms with van der Waals surface area (Å²) < 4.78 is 5.62. The molecule has 2 heteroatoms. The Morgan fingerprint density at radius 3 is 2.47 bits per heavy atom. The zero-order valence-corrected chi connectivity index (χ0v) is 12.7. The van der Waals surface area contributed by atoms with Crippen LogP contribution in [0.5, 0.6) is 5.75 Å². The van der Waals surface area contributed by atoms with Crippen LogP contribution in [0.1, 0.15) is 52.0 Å². The van der Waals surface area contributed by atoms with E-state index in [0.717, 1.165) is 37.2 Å². The maximum absolute atomic E-state index is 5.62. The maximum Gasteiger partial charge on any atom is 0.119 e. The Kier molecular flexibility index (Phi) is 4.51. The molecule has 1 aliphatic carbocycles. The van der Waals surface area contributed by atoms with Crippen molar-refractivity contribution in [2.24, 2.45) is 5.92 Å². The summed E-state index contributed by atoms with van der Waals surface area (Å²) in [6.45, 7) is 10.7. The first-order valence-corrected chi connectivity index (χ1v) is 7.47. The summed E-state index contributed by atoms with van der Waals surface area (Å²) in [7, 11) is 0. The summed E-state index contributed by atoms with van der Waals surface area (Å²) in [5.41, 5.74) is 1.69. The molecule has 1 aliphatic rings. The first-order valence-electron chi connectivity index (χ1n) is 7.47. The second-order valence-electron chi connectivity index (χ2n) is 6.65. The van der Waals surface area contributed by atoms with Crippen LogP contribution in [-0.4, -0.2) is 18.7 Å². The number of nitrogens with one attached hydrogen (secondary N) is 1. The van der Waals surface area contributed by atoms with Crippen molar-refractivity contribution in [2.75, 3.05) is 13.2 Å². The van der Waals surface area contributed by atoms with Gasteiger partial charge < -0.3 is 10.1 Å². The van der Waals surface area contributed by atoms with E-state index in [0.29, 0.717) is 0 Å². The first kappa shape index (κ1) is 14.4. The minimum absolute atomic E-state index is 0.227. The molecule has 0 amide bonds. The molecule has 19 heavy (non-hydrogen) atoms. The summed E-state index contributed by atoms with van der Waals surface area (Å²) >= 11 is 0. The smallest absolute Gasteiger partial charge is 0.119 e. The van der Waals surface area contributed by atoms with Gasteiger partial charge in [-0.15, -0.1) is 0 Å². The van der Waals surface area contributed by atoms with Gasteiger partial charge in [0.15, 0.2) is 0 Å². The molecule has 0 radical (unpaired) electrons. The standard InChI is InChI=1S/C17H27NO/c1-5-10-19-15-8-6-13(7-9-15)16-11-14(16)12-18-17(2,3)4/h6-9,14,16,18H,5,10-12H2,1-4H3. The molecule has 2 nitrogen and oxygen atoms in total. The normalized spacial score (nSPS) is 22.3. The van der Waals surface area contributed by atoms with Crippen LogP contribution in [0.3, 0.4) is 0 Å². The van der Waals surface area contributed by atoms with Crippen LogP contribution in [0.25, 0.3) is 0 Å². The number of benzene rings is 1. The molecular weight excluding hydrogens is 234 g/mol. The second-order valence-corrected chi connectivity index (χ2v) is 6.65. The Morgan fingerprint density at radius 2 is 1.89 bits per heavy atom. The minimum Gasteiger partial charge on any atom is -0.494 e. The van der Waals surface area contributed by atoms with E-state index >= 15 is 0 Å². The van der Waals surface area contributed by atoms with Crippen molar-refractivity contribution in [3.05, 3.63) is 29.8 Å². The van der Waals surface area contributed by atoms with Crippen LogP contribution in [-0.2, 0) is 0 Å². The predicted octanol–water partition coefficient (Wildman–Crippen LogP) is 3.97. The molecule has 0 bridgehead atoms. The van der Waals surface area contributed by atoms with Gasteiger partial charge in [0.05, 0.1) is 6.61 Å². The Hall–Kier alpha value is -1.02. The Balaban J connectivity index is 1.81. The van der Waals surface area contributed by atoms with Gasteiger partial charge in [-0.2, -0.15) is 0 Å². The van der Waals surface area contributed by atoms with Crippen molar-refractivity contribution in [2.45, 2.75) is 52.0 Å². The highest BCUT2D eigenvalue weighted by Crippen LogP contribution is 2.47. The van der Waals surface area contributed by atoms with E-state index < -0.39 is 0 Å². The molecule has 2 unspecified atom stereocenters. The largest absolute Gasteiger partial charge is 0.494 e. The van der Waals surface area contributed by atoms with E-state index in [9.17, 15) is 0 Å². The summed E-state index contributed by atoms with van der Waals surface area (Å²) in [6.07, 6.45) is 2.38. The molecule has 0 saturated heterocycles. The number of hydrogen-bond acceptors (Lipinski definition) is 2. The lowest BCUT2D eigenvalue weighted by Gasteiger charge is -2.20. The van der Waals surface area contributed by atoms with Gasteiger partial charge in [0.25, 0.3) is 0 Å². The number of rotatable bonds is 6. The van der Waals surface area contributed by atoms with Crippen LogP contribution in [0, 0.1) is 5.92 Å². The van der Waals surface area contributed by atoms with Gasteiger partial charge in [0, 0.05) is 5.54 Å². The average Bonchev–Trinajstić information content (AvgIpc) is 3.13. The minimum atomic E-state index is 0.227. The molecular formula is C17H27NO. The van der Waals surface area contributed by atoms with Crippen LogP contribution in [0.15, 0.2) is 24.3 Å². The molecule has 0 aromatic heterocycles. The third-order valence-corrected chi connectivity index (χ3v) is 3.60. The fourth-order valence-electron chi connectivity index (χ4n) is 2.35. The van der Waals surface area contributed by atoms with Crippen LogP contribution < -0.4 is 10.1 Å². The molecule has 2 rings (SSSR count). The molecule has 0 aliphatic heterocycles. The summed E-state index contributed by atoms with van der Waals surface area (Å²) in [6, 6.07) is 8.68. The van der Waals surface area contributed by atoms with Crippen LogP contribution >= 0.6 is 0 Å². The molecule has 106 valence electrons. The highest BCUT2D eigenvalue weighted by molar-refractivity contribution is 5.32. The van der Waals surface area contributed by atoms with Crippen LogP contribution in [0.4, 0.5) is 0 Å². The Bertz CT molecular complexity index is 391. The van der Waals surface area contributed by atoms with Gasteiger partial charge in [0.2, 0.25) is 0 Å². The molecule has 1 fully saturated rings. The van der Waals surface area contributed by atoms with Crippen LogP contribution in [0.2, 0.25) is 0 Å². The summed E-state index contributed by atoms with van der Waals surface area (Å²) in [4.78, 5) is 0. The Morgan fingerprint density at radius 1 is 1.21 bits per heavy atom. The zero-order valence-electron chi connectivity index (χ0n) is 12.7. The van der Waals surface area contributed by atoms with E-state index in [-0.39, 0.29) is 5.54 Å². The Labute approximate surface area is 117 Å². The average molecular weight is 261 g/mol. The third kappa shape index (κ3) is 4.54. The molecule has 1 aromatic rings. The lowest BCUT2D eigenvalue weighted by Crippen LogP contribution is -2.37. The molecule has 2 atom stereocenters. The van der Waals surface area contributed by atoms with Crippen molar-refractivity contribution >= 4 is 0 Å². The van der Waals surface area contributed by atoms with E-state index in [2.05, 4.69) is 57.3 Å². The van der Waals surface area contributed by atoms with Crippen molar-refractivity contribution < 1.29 is 4.74 Å². The van der Waals surface area contributed by atoms with Crippen molar-refractivity contribution in [1.82, 2.24) is 5.32 Å². The van der Waals surface area contributed by atoms with Gasteiger partial charge in [-0.3, -0.25) is 0 Å². The van der Waals surface area contributed by atoms with Crippen molar-refractivity contribution in [3.63, 3.8) is 0 Å². The lowest BCUT2D eigenvalue weighted by molar-refractivity contribution is 0.317. The van der Waals surface area contributed by atoms with Gasteiger partial charge in [-0.05, 0) is 69.7 Å².